The van der Waals surface area contributed by atoms with Gasteiger partial charge in [-0.15, -0.1) is 0 Å². The predicted molar refractivity (Wildman–Crippen MR) is 361 cm³/mol. The minimum atomic E-state index is -3.32. The lowest BCUT2D eigenvalue weighted by Gasteiger charge is -2.28. The summed E-state index contributed by atoms with van der Waals surface area (Å²) in [6.07, 6.45) is 23.9. The molecule has 2 amide bonds. The van der Waals surface area contributed by atoms with Gasteiger partial charge in [-0.2, -0.15) is 4.31 Å². The van der Waals surface area contributed by atoms with Crippen LogP contribution in [0.25, 0.3) is 0 Å². The quantitative estimate of drug-likeness (QED) is 0.137. The van der Waals surface area contributed by atoms with E-state index in [9.17, 15) is 34.8 Å². The summed E-state index contributed by atoms with van der Waals surface area (Å²) in [5.41, 5.74) is 11.0. The molecule has 0 aliphatic carbocycles. The van der Waals surface area contributed by atoms with Gasteiger partial charge in [-0.1, -0.05) is 0 Å². The third kappa shape index (κ3) is 12.0. The van der Waals surface area contributed by atoms with Crippen molar-refractivity contribution in [1.29, 1.82) is 0 Å². The maximum absolute atomic E-state index is 12.0. The lowest BCUT2D eigenvalue weighted by molar-refractivity contribution is -0.121. The van der Waals surface area contributed by atoms with Crippen molar-refractivity contribution in [3.63, 3.8) is 0 Å². The van der Waals surface area contributed by atoms with Gasteiger partial charge in [-0.25, -0.2) is 29.6 Å². The molecule has 0 bridgehead atoms. The van der Waals surface area contributed by atoms with E-state index in [-0.39, 0.29) is 33.2 Å². The molecular weight excluding hydrogens is 1250 g/mol. The van der Waals surface area contributed by atoms with Crippen LogP contribution in [0.4, 0.5) is 17.1 Å². The molecule has 7 aliphatic rings. The largest absolute Gasteiger partial charge is 0.332 e. The van der Waals surface area contributed by atoms with Gasteiger partial charge in [0.05, 0.1) is 72.9 Å². The van der Waals surface area contributed by atoms with E-state index in [1.807, 2.05) is 117 Å². The number of fused-ring (bicyclic) bond motifs is 7. The second kappa shape index (κ2) is 25.2. The minimum Gasteiger partial charge on any atom is -0.332 e. The lowest BCUT2D eigenvalue weighted by atomic mass is 9.87. The van der Waals surface area contributed by atoms with Crippen molar-refractivity contribution in [1.82, 2.24) is 53.3 Å². The van der Waals surface area contributed by atoms with E-state index in [1.54, 1.807) is 129 Å². The molecule has 0 saturated heterocycles. The number of rotatable bonds is 0. The first-order chi connectivity index (χ1) is 42.6. The van der Waals surface area contributed by atoms with Crippen molar-refractivity contribution < 1.29 is 34.8 Å². The number of carbonyl (C=O) groups excluding carboxylic acids is 2. The molecular formula is C66H86N14O8S4. The summed E-state index contributed by atoms with van der Waals surface area (Å²) in [4.78, 5) is 58.3. The summed E-state index contributed by atoms with van der Waals surface area (Å²) in [5, 5.41) is 0. The predicted octanol–water partition coefficient (Wildman–Crippen LogP) is 9.26. The number of sulfonamides is 2. The number of anilines is 3. The van der Waals surface area contributed by atoms with Crippen LogP contribution in [0.15, 0.2) is 139 Å². The number of pyridine rings is 7. The Kier molecular flexibility index (Phi) is 19.3. The molecule has 92 heavy (non-hydrogen) atoms. The maximum Gasteiger partial charge on any atom is 0.256 e. The first-order valence-corrected chi connectivity index (χ1v) is 34.9. The molecule has 22 nitrogen and oxygen atoms in total. The van der Waals surface area contributed by atoms with E-state index in [0.717, 1.165) is 61.8 Å². The van der Waals surface area contributed by atoms with E-state index in [4.69, 9.17) is 0 Å². The van der Waals surface area contributed by atoms with Crippen LogP contribution in [-0.4, -0.2) is 140 Å². The van der Waals surface area contributed by atoms with E-state index in [2.05, 4.69) is 80.6 Å². The van der Waals surface area contributed by atoms with Crippen molar-refractivity contribution in [3.8, 4) is 0 Å². The molecule has 492 valence electrons. The molecule has 0 aromatic carbocycles. The van der Waals surface area contributed by atoms with Gasteiger partial charge in [-0.3, -0.25) is 58.0 Å². The molecule has 7 aliphatic heterocycles. The summed E-state index contributed by atoms with van der Waals surface area (Å²) in [7, 11) is 4.01. The van der Waals surface area contributed by atoms with Gasteiger partial charge in [-0.05, 0) is 185 Å². The first kappa shape index (κ1) is 70.5. The van der Waals surface area contributed by atoms with Crippen LogP contribution in [-0.2, 0) is 90.4 Å². The highest BCUT2D eigenvalue weighted by Crippen LogP contribution is 2.47. The lowest BCUT2D eigenvalue weighted by Crippen LogP contribution is -2.35. The van der Waals surface area contributed by atoms with Crippen molar-refractivity contribution in [3.05, 3.63) is 179 Å². The molecule has 0 saturated carbocycles. The highest BCUT2D eigenvalue weighted by molar-refractivity contribution is 7.94. The second-order valence-corrected chi connectivity index (χ2v) is 34.8. The molecule has 14 heterocycles. The summed E-state index contributed by atoms with van der Waals surface area (Å²) in [6.45, 7) is 28.8. The zero-order valence-corrected chi connectivity index (χ0v) is 59.8. The Morgan fingerprint density at radius 1 is 0.467 bits per heavy atom. The number of aromatic nitrogens is 7. The molecule has 7 aromatic heterocycles. The number of hydrogen-bond acceptors (Lipinski definition) is 16. The van der Waals surface area contributed by atoms with Gasteiger partial charge in [0.15, 0.2) is 0 Å². The third-order valence-corrected chi connectivity index (χ3v) is 27.2. The Labute approximate surface area is 548 Å². The Bertz CT molecular complexity index is 4130. The van der Waals surface area contributed by atoms with E-state index >= 15 is 0 Å². The van der Waals surface area contributed by atoms with Gasteiger partial charge < -0.3 is 9.80 Å². The third-order valence-electron chi connectivity index (χ3n) is 19.3. The molecule has 0 radical (unpaired) electrons. The van der Waals surface area contributed by atoms with Crippen LogP contribution in [0.5, 0.6) is 0 Å². The topological polar surface area (TPSA) is 249 Å². The van der Waals surface area contributed by atoms with Crippen molar-refractivity contribution in [2.45, 2.75) is 150 Å². The van der Waals surface area contributed by atoms with Gasteiger partial charge in [0.25, 0.3) is 5.91 Å². The normalized spacial score (nSPS) is 22.1. The van der Waals surface area contributed by atoms with Crippen LogP contribution in [0.2, 0.25) is 0 Å². The van der Waals surface area contributed by atoms with Crippen molar-refractivity contribution >= 4 is 70.9 Å². The molecule has 0 spiro atoms. The SMILES string of the molecule is CN1C(=O)C(C)(C)c2ccncc21.CN1C(=O)c2cnccc2C1(C)C.CN1C(C)(C)c2ccncc2S1(=O)=O.CN1Cc2cnccc2C1(C)C.CN1S(=O)c2cnccc2C1(C)C.CN1c2cnccc2C(C)(C)S1(=O)=O.CN1c2cnccc2C(C)(C)S1=O. The summed E-state index contributed by atoms with van der Waals surface area (Å²) in [6, 6.07) is 13.4. The summed E-state index contributed by atoms with van der Waals surface area (Å²) >= 11 is 0. The van der Waals surface area contributed by atoms with Gasteiger partial charge in [0.2, 0.25) is 26.0 Å². The Morgan fingerprint density at radius 3 is 1.46 bits per heavy atom. The van der Waals surface area contributed by atoms with Crippen molar-refractivity contribution in [2.75, 3.05) is 62.8 Å². The van der Waals surface area contributed by atoms with Crippen LogP contribution >= 0.6 is 0 Å². The van der Waals surface area contributed by atoms with Gasteiger partial charge in [0.1, 0.15) is 31.6 Å². The number of likely N-dealkylation sites (N-methyl/N-ethyl adjacent to an activating group) is 1. The molecule has 26 heteroatoms. The fraction of sp³-hybridized carbons (Fsp3) is 0.439. The van der Waals surface area contributed by atoms with E-state index in [0.29, 0.717) is 10.6 Å². The first-order valence-electron chi connectivity index (χ1n) is 29.8. The molecule has 14 rings (SSSR count). The van der Waals surface area contributed by atoms with Crippen LogP contribution in [0, 0.1) is 0 Å². The van der Waals surface area contributed by atoms with E-state index in [1.165, 1.54) is 25.9 Å². The van der Waals surface area contributed by atoms with Crippen LogP contribution in [0.3, 0.4) is 0 Å². The molecule has 0 N–H and O–H groups in total. The molecule has 2 unspecified atom stereocenters. The fourth-order valence-corrected chi connectivity index (χ4v) is 18.2. The van der Waals surface area contributed by atoms with E-state index < -0.39 is 57.7 Å². The van der Waals surface area contributed by atoms with Gasteiger partial charge >= 0.3 is 0 Å². The number of amides is 2. The number of nitrogens with zero attached hydrogens (tertiary/aromatic N) is 14. The fourth-order valence-electron chi connectivity index (χ4n) is 12.0. The minimum absolute atomic E-state index is 0.0631. The average molecular weight is 1330 g/mol. The molecule has 7 aromatic rings. The maximum atomic E-state index is 12.0. The molecule has 0 fully saturated rings. The van der Waals surface area contributed by atoms with Crippen molar-refractivity contribution in [2.24, 2.45) is 0 Å². The van der Waals surface area contributed by atoms with Crippen LogP contribution < -0.4 is 13.5 Å². The zero-order valence-electron chi connectivity index (χ0n) is 56.5. The smallest absolute Gasteiger partial charge is 0.256 e. The summed E-state index contributed by atoms with van der Waals surface area (Å²) < 4.78 is 76.6. The van der Waals surface area contributed by atoms with Crippen LogP contribution in [0.1, 0.15) is 152 Å². The number of hydrogen-bond donors (Lipinski definition) is 0. The Hall–Kier alpha value is -7.33. The van der Waals surface area contributed by atoms with Gasteiger partial charge in [0, 0.05) is 128 Å². The summed E-state index contributed by atoms with van der Waals surface area (Å²) in [5.74, 6) is 0.198. The second-order valence-electron chi connectivity index (χ2n) is 26.8. The Balaban J connectivity index is 0.000000138. The zero-order chi connectivity index (χ0) is 68.4. The highest BCUT2D eigenvalue weighted by atomic mass is 32.2. The highest BCUT2D eigenvalue weighted by Gasteiger charge is 2.49. The monoisotopic (exact) mass is 1330 g/mol. The Morgan fingerprint density at radius 2 is 0.935 bits per heavy atom. The average Bonchev–Trinajstić information content (AvgIpc) is 1.60. The molecule has 2 atom stereocenters. The number of carbonyl (C=O) groups is 2. The standard InChI is InChI=1S/2C10H12N2O.C10H14N2.2C9H12N2O2S.2C9H12N2OS/c1-10(2)8-4-5-11-6-7(8)9(13)12(10)3;1-10(2)7-4-5-11-6-8(7)12(3)9(10)13;1-10(2)9-4-5-11-6-8(9)7-12(10)3;1-9(2)7-4-5-10-6-8(7)14(12,13)11(9)3;1-9(2)7-4-5-10-6-8(7)11(3)14(9,12)13;1-9(2)7-4-5-10-6-8(7)13(12)11(9)3;1-9(2)7-4-5-10-6-8(7)11(3)13(9)12/h2*4-6H,1-3H3;4-6H,7H2,1-3H3;2*4-6H,1-3H3;2*4-6H,1-3H3.